The van der Waals surface area contributed by atoms with E-state index in [1.807, 2.05) is 13.0 Å². The molecule has 0 spiro atoms. The molecule has 1 unspecified atom stereocenters. The molecule has 0 rings (SSSR count). The average molecular weight is 342 g/mol. The monoisotopic (exact) mass is 342 g/mol. The summed E-state index contributed by atoms with van der Waals surface area (Å²) in [5.74, 6) is -2.82. The maximum atomic E-state index is 10.8. The quantitative estimate of drug-likeness (QED) is 0.246. The summed E-state index contributed by atoms with van der Waals surface area (Å²) in [7, 11) is 0. The molecule has 3 atom stereocenters. The fourth-order valence-corrected chi connectivity index (χ4v) is 2.75. The lowest BCUT2D eigenvalue weighted by Gasteiger charge is -2.17. The third-order valence-electron chi connectivity index (χ3n) is 3.92. The molecule has 0 amide bonds. The van der Waals surface area contributed by atoms with Gasteiger partial charge in [-0.05, 0) is 38.2 Å². The van der Waals surface area contributed by atoms with E-state index in [2.05, 4.69) is 6.92 Å². The number of aliphatic hydroxyl groups excluding tert-OH is 2. The van der Waals surface area contributed by atoms with Gasteiger partial charge < -0.3 is 20.4 Å². The minimum absolute atomic E-state index is 0.361. The topological polar surface area (TPSA) is 115 Å². The molecule has 0 aliphatic heterocycles. The molecule has 6 nitrogen and oxygen atoms in total. The number of aliphatic hydroxyl groups is 2. The molecule has 0 bridgehead atoms. The zero-order chi connectivity index (χ0) is 18.7. The van der Waals surface area contributed by atoms with E-state index in [9.17, 15) is 14.7 Å². The third-order valence-corrected chi connectivity index (χ3v) is 3.92. The highest BCUT2D eigenvalue weighted by molar-refractivity contribution is 5.81. The molecule has 0 fully saturated rings. The molecule has 0 heterocycles. The van der Waals surface area contributed by atoms with Crippen LogP contribution >= 0.6 is 0 Å². The molecular formula is C18H30O6. The Balaban J connectivity index is 4.14. The Labute approximate surface area is 143 Å². The van der Waals surface area contributed by atoms with E-state index < -0.39 is 30.6 Å². The first-order chi connectivity index (χ1) is 11.2. The summed E-state index contributed by atoms with van der Waals surface area (Å²) in [6.07, 6.45) is 5.76. The molecule has 0 aromatic carbocycles. The van der Waals surface area contributed by atoms with Crippen molar-refractivity contribution in [1.82, 2.24) is 0 Å². The number of allylic oxidation sites excluding steroid dienone is 3. The SMILES string of the molecule is CC(=C\C(=O)O)/C=C(\C)C[C@H](C)CCCCC(O)[C@@H](CO)C(=O)O. The normalized spacial score (nSPS) is 16.5. The molecule has 6 heteroatoms. The number of unbranched alkanes of at least 4 members (excludes halogenated alkanes) is 1. The molecule has 0 aliphatic rings. The van der Waals surface area contributed by atoms with Crippen LogP contribution < -0.4 is 0 Å². The van der Waals surface area contributed by atoms with Gasteiger partial charge >= 0.3 is 11.9 Å². The van der Waals surface area contributed by atoms with Crippen LogP contribution in [0, 0.1) is 11.8 Å². The van der Waals surface area contributed by atoms with Crippen LogP contribution in [-0.2, 0) is 9.59 Å². The van der Waals surface area contributed by atoms with Gasteiger partial charge in [0.2, 0.25) is 0 Å². The van der Waals surface area contributed by atoms with Gasteiger partial charge in [0, 0.05) is 6.08 Å². The van der Waals surface area contributed by atoms with Crippen LogP contribution in [-0.4, -0.2) is 45.1 Å². The number of carboxylic acids is 2. The lowest BCUT2D eigenvalue weighted by molar-refractivity contribution is -0.147. The Kier molecular flexibility index (Phi) is 11.0. The second-order valence-electron chi connectivity index (χ2n) is 6.51. The van der Waals surface area contributed by atoms with Crippen molar-refractivity contribution in [3.63, 3.8) is 0 Å². The van der Waals surface area contributed by atoms with Crippen molar-refractivity contribution in [1.29, 1.82) is 0 Å². The van der Waals surface area contributed by atoms with Gasteiger partial charge in [-0.3, -0.25) is 4.79 Å². The Morgan fingerprint density at radius 2 is 1.62 bits per heavy atom. The molecule has 0 aromatic heterocycles. The standard InChI is InChI=1S/C18H30O6/c1-12(8-13(2)9-14(3)10-17(21)22)6-4-5-7-16(20)15(11-19)18(23)24/h9-10,12,15-16,19-20H,4-8,11H2,1-3H3,(H,21,22)(H,23,24)/b13-9+,14-10+/t12-,15-,16?/m1/s1. The van der Waals surface area contributed by atoms with Crippen molar-refractivity contribution in [2.45, 2.75) is 59.0 Å². The van der Waals surface area contributed by atoms with Crippen molar-refractivity contribution in [3.8, 4) is 0 Å². The summed E-state index contributed by atoms with van der Waals surface area (Å²) in [4.78, 5) is 21.4. The maximum absolute atomic E-state index is 10.8. The highest BCUT2D eigenvalue weighted by Gasteiger charge is 2.25. The molecule has 0 radical (unpaired) electrons. The average Bonchev–Trinajstić information content (AvgIpc) is 2.42. The zero-order valence-corrected chi connectivity index (χ0v) is 14.7. The second kappa shape index (κ2) is 11.8. The maximum Gasteiger partial charge on any atom is 0.328 e. The van der Waals surface area contributed by atoms with E-state index in [0.717, 1.165) is 24.8 Å². The fourth-order valence-electron chi connectivity index (χ4n) is 2.75. The number of aliphatic carboxylic acids is 2. The predicted molar refractivity (Wildman–Crippen MR) is 91.6 cm³/mol. The van der Waals surface area contributed by atoms with Gasteiger partial charge in [-0.25, -0.2) is 4.79 Å². The van der Waals surface area contributed by atoms with Crippen LogP contribution in [0.1, 0.15) is 52.9 Å². The van der Waals surface area contributed by atoms with E-state index in [1.54, 1.807) is 6.92 Å². The van der Waals surface area contributed by atoms with Crippen LogP contribution in [0.3, 0.4) is 0 Å². The van der Waals surface area contributed by atoms with E-state index in [1.165, 1.54) is 6.08 Å². The minimum Gasteiger partial charge on any atom is -0.481 e. The number of carboxylic acid groups (broad SMARTS) is 2. The summed E-state index contributed by atoms with van der Waals surface area (Å²) in [5.41, 5.74) is 1.82. The van der Waals surface area contributed by atoms with Gasteiger partial charge in [0.15, 0.2) is 0 Å². The first-order valence-corrected chi connectivity index (χ1v) is 8.27. The number of rotatable bonds is 12. The van der Waals surface area contributed by atoms with Gasteiger partial charge in [-0.15, -0.1) is 0 Å². The van der Waals surface area contributed by atoms with E-state index in [0.29, 0.717) is 24.3 Å². The number of carbonyl (C=O) groups is 2. The highest BCUT2D eigenvalue weighted by atomic mass is 16.4. The predicted octanol–water partition coefficient (Wildman–Crippen LogP) is 2.60. The largest absolute Gasteiger partial charge is 0.481 e. The van der Waals surface area contributed by atoms with E-state index in [-0.39, 0.29) is 0 Å². The van der Waals surface area contributed by atoms with Crippen LogP contribution in [0.4, 0.5) is 0 Å². The summed E-state index contributed by atoms with van der Waals surface area (Å²) in [6.45, 7) is 5.28. The van der Waals surface area contributed by atoms with Crippen LogP contribution in [0.25, 0.3) is 0 Å². The fraction of sp³-hybridized carbons (Fsp3) is 0.667. The van der Waals surface area contributed by atoms with Crippen LogP contribution in [0.15, 0.2) is 23.3 Å². The molecular weight excluding hydrogens is 312 g/mol. The Morgan fingerprint density at radius 3 is 2.12 bits per heavy atom. The molecule has 0 aliphatic carbocycles. The van der Waals surface area contributed by atoms with E-state index >= 15 is 0 Å². The summed E-state index contributed by atoms with van der Waals surface area (Å²) < 4.78 is 0. The third kappa shape index (κ3) is 10.2. The van der Waals surface area contributed by atoms with Crippen LogP contribution in [0.5, 0.6) is 0 Å². The Bertz CT molecular complexity index is 466. The minimum atomic E-state index is -1.18. The first-order valence-electron chi connectivity index (χ1n) is 8.27. The Hall–Kier alpha value is -1.66. The highest BCUT2D eigenvalue weighted by Crippen LogP contribution is 2.20. The van der Waals surface area contributed by atoms with Crippen molar-refractivity contribution in [2.24, 2.45) is 11.8 Å². The lowest BCUT2D eigenvalue weighted by atomic mass is 9.93. The first kappa shape index (κ1) is 22.3. The van der Waals surface area contributed by atoms with Gasteiger partial charge in [-0.2, -0.15) is 0 Å². The zero-order valence-electron chi connectivity index (χ0n) is 14.7. The second-order valence-corrected chi connectivity index (χ2v) is 6.51. The number of hydrogen-bond acceptors (Lipinski definition) is 4. The summed E-state index contributed by atoms with van der Waals surface area (Å²) >= 11 is 0. The van der Waals surface area contributed by atoms with Gasteiger partial charge in [0.05, 0.1) is 12.7 Å². The molecule has 138 valence electrons. The molecule has 0 saturated carbocycles. The van der Waals surface area contributed by atoms with Crippen molar-refractivity contribution < 1.29 is 30.0 Å². The van der Waals surface area contributed by atoms with Crippen LogP contribution in [0.2, 0.25) is 0 Å². The number of hydrogen-bond donors (Lipinski definition) is 4. The molecule has 4 N–H and O–H groups in total. The lowest BCUT2D eigenvalue weighted by Crippen LogP contribution is -2.31. The smallest absolute Gasteiger partial charge is 0.328 e. The van der Waals surface area contributed by atoms with Crippen molar-refractivity contribution >= 4 is 11.9 Å². The van der Waals surface area contributed by atoms with Gasteiger partial charge in [0.25, 0.3) is 0 Å². The Morgan fingerprint density at radius 1 is 1.04 bits per heavy atom. The van der Waals surface area contributed by atoms with Gasteiger partial charge in [0.1, 0.15) is 5.92 Å². The summed E-state index contributed by atoms with van der Waals surface area (Å²) in [5, 5.41) is 36.2. The van der Waals surface area contributed by atoms with Crippen molar-refractivity contribution in [3.05, 3.63) is 23.3 Å². The van der Waals surface area contributed by atoms with Gasteiger partial charge in [-0.1, -0.05) is 37.8 Å². The van der Waals surface area contributed by atoms with Crippen molar-refractivity contribution in [2.75, 3.05) is 6.61 Å². The molecule has 24 heavy (non-hydrogen) atoms. The van der Waals surface area contributed by atoms with E-state index in [4.69, 9.17) is 15.3 Å². The molecule has 0 aromatic rings. The molecule has 0 saturated heterocycles. The summed E-state index contributed by atoms with van der Waals surface area (Å²) in [6, 6.07) is 0.